The Kier molecular flexibility index (Phi) is 4.49. The molecule has 1 heterocycles. The van der Waals surface area contributed by atoms with Crippen molar-refractivity contribution in [3.8, 4) is 0 Å². The van der Waals surface area contributed by atoms with Crippen LogP contribution in [0, 0.1) is 0 Å². The van der Waals surface area contributed by atoms with Crippen molar-refractivity contribution >= 4 is 39.4 Å². The summed E-state index contributed by atoms with van der Waals surface area (Å²) in [5.41, 5.74) is 2.73. The van der Waals surface area contributed by atoms with Crippen LogP contribution in [0.1, 0.15) is 23.2 Å². The Morgan fingerprint density at radius 3 is 2.71 bits per heavy atom. The highest BCUT2D eigenvalue weighted by atomic mass is 32.1. The predicted molar refractivity (Wildman–Crippen MR) is 75.4 cm³/mol. The van der Waals surface area contributed by atoms with E-state index >= 15 is 0 Å². The molecule has 3 N–H and O–H groups in total. The number of aromatic nitrogens is 1. The maximum Gasteiger partial charge on any atom is 0.326 e. The molecule has 7 nitrogen and oxygen atoms in total. The molecule has 1 aromatic heterocycles. The van der Waals surface area contributed by atoms with Crippen LogP contribution in [-0.4, -0.2) is 39.1 Å². The van der Waals surface area contributed by atoms with E-state index in [0.29, 0.717) is 5.56 Å². The van der Waals surface area contributed by atoms with Gasteiger partial charge in [-0.2, -0.15) is 0 Å². The molecule has 0 bridgehead atoms. The molecule has 0 aliphatic heterocycles. The van der Waals surface area contributed by atoms with Crippen molar-refractivity contribution in [3.05, 3.63) is 29.3 Å². The first-order valence-electron chi connectivity index (χ1n) is 6.06. The first-order chi connectivity index (χ1) is 9.97. The zero-order valence-electron chi connectivity index (χ0n) is 10.8. The molecular weight excluding hydrogens is 296 g/mol. The number of benzene rings is 1. The summed E-state index contributed by atoms with van der Waals surface area (Å²) >= 11 is 1.37. The number of fused-ring (bicyclic) bond motifs is 1. The second-order valence-corrected chi connectivity index (χ2v) is 5.22. The van der Waals surface area contributed by atoms with E-state index in [1.807, 2.05) is 0 Å². The molecule has 0 aliphatic carbocycles. The Morgan fingerprint density at radius 2 is 2.05 bits per heavy atom. The Morgan fingerprint density at radius 1 is 1.29 bits per heavy atom. The lowest BCUT2D eigenvalue weighted by Gasteiger charge is -2.13. The smallest absolute Gasteiger partial charge is 0.326 e. The fourth-order valence-electron chi connectivity index (χ4n) is 1.76. The van der Waals surface area contributed by atoms with E-state index in [2.05, 4.69) is 10.3 Å². The standard InChI is InChI=1S/C13H12N2O5S/c16-11(17)4-3-9(13(19)20)15-12(18)7-1-2-8-10(5-7)21-6-14-8/h1-2,5-6,9H,3-4H2,(H,15,18)(H,16,17)(H,19,20)/t9-/m0/s1. The minimum Gasteiger partial charge on any atom is -0.481 e. The fourth-order valence-corrected chi connectivity index (χ4v) is 2.48. The third-order valence-corrected chi connectivity index (χ3v) is 3.64. The molecule has 0 radical (unpaired) electrons. The van der Waals surface area contributed by atoms with Crippen LogP contribution in [0.2, 0.25) is 0 Å². The van der Waals surface area contributed by atoms with Gasteiger partial charge in [0.2, 0.25) is 0 Å². The third kappa shape index (κ3) is 3.76. The summed E-state index contributed by atoms with van der Waals surface area (Å²) in [6, 6.07) is 3.62. The highest BCUT2D eigenvalue weighted by Crippen LogP contribution is 2.19. The molecule has 0 spiro atoms. The second-order valence-electron chi connectivity index (χ2n) is 4.33. The number of carboxylic acid groups (broad SMARTS) is 2. The van der Waals surface area contributed by atoms with Crippen LogP contribution in [0.15, 0.2) is 23.7 Å². The molecule has 1 amide bonds. The number of nitrogens with one attached hydrogen (secondary N) is 1. The lowest BCUT2D eigenvalue weighted by atomic mass is 10.1. The summed E-state index contributed by atoms with van der Waals surface area (Å²) in [5, 5.41) is 19.9. The minimum atomic E-state index is -1.26. The number of nitrogens with zero attached hydrogens (tertiary/aromatic N) is 1. The van der Waals surface area contributed by atoms with Gasteiger partial charge in [0.25, 0.3) is 5.91 Å². The number of carbonyl (C=O) groups excluding carboxylic acids is 1. The fraction of sp³-hybridized carbons (Fsp3) is 0.231. The summed E-state index contributed by atoms with van der Waals surface area (Å²) < 4.78 is 0.820. The highest BCUT2D eigenvalue weighted by Gasteiger charge is 2.21. The van der Waals surface area contributed by atoms with Gasteiger partial charge in [0.05, 0.1) is 15.7 Å². The van der Waals surface area contributed by atoms with Crippen LogP contribution in [-0.2, 0) is 9.59 Å². The Hall–Kier alpha value is -2.48. The number of amides is 1. The molecule has 0 unspecified atom stereocenters. The van der Waals surface area contributed by atoms with E-state index in [0.717, 1.165) is 10.2 Å². The molecule has 8 heteroatoms. The van der Waals surface area contributed by atoms with Gasteiger partial charge in [-0.25, -0.2) is 9.78 Å². The number of carboxylic acids is 2. The summed E-state index contributed by atoms with van der Waals surface area (Å²) in [7, 11) is 0. The number of carbonyl (C=O) groups is 3. The third-order valence-electron chi connectivity index (χ3n) is 2.84. The number of thiazole rings is 1. The molecule has 0 fully saturated rings. The molecule has 2 rings (SSSR count). The van der Waals surface area contributed by atoms with Gasteiger partial charge < -0.3 is 15.5 Å². The average molecular weight is 308 g/mol. The quantitative estimate of drug-likeness (QED) is 0.741. The number of hydrogen-bond donors (Lipinski definition) is 3. The van der Waals surface area contributed by atoms with Gasteiger partial charge in [-0.05, 0) is 24.6 Å². The molecule has 1 atom stereocenters. The largest absolute Gasteiger partial charge is 0.481 e. The van der Waals surface area contributed by atoms with Crippen LogP contribution >= 0.6 is 11.3 Å². The van der Waals surface area contributed by atoms with Crippen LogP contribution in [0.3, 0.4) is 0 Å². The van der Waals surface area contributed by atoms with Crippen molar-refractivity contribution in [2.45, 2.75) is 18.9 Å². The Bertz CT molecular complexity index is 697. The summed E-state index contributed by atoms with van der Waals surface area (Å²) in [6.07, 6.45) is -0.496. The molecular formula is C13H12N2O5S. The average Bonchev–Trinajstić information content (AvgIpc) is 2.89. The van der Waals surface area contributed by atoms with Crippen LogP contribution < -0.4 is 5.32 Å². The van der Waals surface area contributed by atoms with Crippen LogP contribution in [0.5, 0.6) is 0 Å². The van der Waals surface area contributed by atoms with Gasteiger partial charge in [-0.15, -0.1) is 11.3 Å². The Labute approximate surface area is 123 Å². The van der Waals surface area contributed by atoms with Gasteiger partial charge in [0, 0.05) is 12.0 Å². The summed E-state index contributed by atoms with van der Waals surface area (Å²) in [5.74, 6) is -2.92. The highest BCUT2D eigenvalue weighted by molar-refractivity contribution is 7.16. The SMILES string of the molecule is O=C(O)CC[C@H](NC(=O)c1ccc2ncsc2c1)C(=O)O. The lowest BCUT2D eigenvalue weighted by molar-refractivity contribution is -0.140. The van der Waals surface area contributed by atoms with Gasteiger partial charge in [0.15, 0.2) is 0 Å². The van der Waals surface area contributed by atoms with Gasteiger partial charge in [-0.3, -0.25) is 9.59 Å². The zero-order chi connectivity index (χ0) is 15.4. The van der Waals surface area contributed by atoms with E-state index in [4.69, 9.17) is 10.2 Å². The topological polar surface area (TPSA) is 117 Å². The summed E-state index contributed by atoms with van der Waals surface area (Å²) in [6.45, 7) is 0. The van der Waals surface area contributed by atoms with E-state index in [-0.39, 0.29) is 12.8 Å². The lowest BCUT2D eigenvalue weighted by Crippen LogP contribution is -2.41. The van der Waals surface area contributed by atoms with E-state index in [1.165, 1.54) is 11.3 Å². The molecule has 110 valence electrons. The molecule has 21 heavy (non-hydrogen) atoms. The van der Waals surface area contributed by atoms with E-state index in [1.54, 1.807) is 23.7 Å². The van der Waals surface area contributed by atoms with Gasteiger partial charge >= 0.3 is 11.9 Å². The molecule has 1 aromatic carbocycles. The predicted octanol–water partition coefficient (Wildman–Crippen LogP) is 1.34. The van der Waals surface area contributed by atoms with Crippen molar-refractivity contribution in [3.63, 3.8) is 0 Å². The summed E-state index contributed by atoms with van der Waals surface area (Å²) in [4.78, 5) is 37.6. The number of hydrogen-bond acceptors (Lipinski definition) is 5. The van der Waals surface area contributed by atoms with Gasteiger partial charge in [-0.1, -0.05) is 0 Å². The van der Waals surface area contributed by atoms with Crippen molar-refractivity contribution in [2.75, 3.05) is 0 Å². The Balaban J connectivity index is 2.10. The molecule has 0 saturated heterocycles. The van der Waals surface area contributed by atoms with Crippen molar-refractivity contribution < 1.29 is 24.6 Å². The van der Waals surface area contributed by atoms with E-state index < -0.39 is 23.9 Å². The number of aliphatic carboxylic acids is 2. The molecule has 0 aliphatic rings. The normalized spacial score (nSPS) is 12.0. The minimum absolute atomic E-state index is 0.167. The molecule has 0 saturated carbocycles. The monoisotopic (exact) mass is 308 g/mol. The molecule has 2 aromatic rings. The van der Waals surface area contributed by atoms with Crippen molar-refractivity contribution in [1.82, 2.24) is 10.3 Å². The maximum atomic E-state index is 12.0. The maximum absolute atomic E-state index is 12.0. The van der Waals surface area contributed by atoms with Crippen molar-refractivity contribution in [2.24, 2.45) is 0 Å². The zero-order valence-corrected chi connectivity index (χ0v) is 11.6. The second kappa shape index (κ2) is 6.31. The van der Waals surface area contributed by atoms with Crippen LogP contribution in [0.4, 0.5) is 0 Å². The van der Waals surface area contributed by atoms with Crippen LogP contribution in [0.25, 0.3) is 10.2 Å². The first-order valence-corrected chi connectivity index (χ1v) is 6.94. The number of rotatable bonds is 6. The van der Waals surface area contributed by atoms with E-state index in [9.17, 15) is 14.4 Å². The van der Waals surface area contributed by atoms with Gasteiger partial charge in [0.1, 0.15) is 6.04 Å². The van der Waals surface area contributed by atoms with Crippen molar-refractivity contribution in [1.29, 1.82) is 0 Å². The first kappa shape index (κ1) is 14.9.